The van der Waals surface area contributed by atoms with Crippen LogP contribution >= 0.6 is 0 Å². The molecular weight excluding hydrogens is 373 g/mol. The number of nitrogens with zero attached hydrogens (tertiary/aromatic N) is 2. The number of aromatic nitrogens is 2. The van der Waals surface area contributed by atoms with Gasteiger partial charge in [-0.3, -0.25) is 9.98 Å². The second-order valence-corrected chi connectivity index (χ2v) is 7.47. The van der Waals surface area contributed by atoms with Gasteiger partial charge in [0.1, 0.15) is 5.75 Å². The first-order valence-electron chi connectivity index (χ1n) is 7.85. The van der Waals surface area contributed by atoms with E-state index in [2.05, 4.69) is 0 Å². The van der Waals surface area contributed by atoms with Crippen LogP contribution in [0.4, 0.5) is 4.39 Å². The molecule has 0 aliphatic carbocycles. The van der Waals surface area contributed by atoms with Gasteiger partial charge in [-0.15, -0.1) is 0 Å². The van der Waals surface area contributed by atoms with E-state index < -0.39 is 27.0 Å². The lowest BCUT2D eigenvalue weighted by atomic mass is 10.2. The molecule has 0 amide bonds. The Morgan fingerprint density at radius 3 is 2.30 bits per heavy atom. The van der Waals surface area contributed by atoms with E-state index >= 15 is 0 Å². The summed E-state index contributed by atoms with van der Waals surface area (Å²) in [6.07, 6.45) is 0.520. The minimum atomic E-state index is -4.34. The third-order valence-corrected chi connectivity index (χ3v) is 5.59. The summed E-state index contributed by atoms with van der Waals surface area (Å²) < 4.78 is 45.9. The summed E-state index contributed by atoms with van der Waals surface area (Å²) in [5.41, 5.74) is -1.08. The topological polar surface area (TPSA) is 94.2 Å². The molecule has 0 spiro atoms. The molecule has 1 aromatic heterocycles. The molecule has 0 aliphatic rings. The van der Waals surface area contributed by atoms with Gasteiger partial charge in [-0.05, 0) is 29.8 Å². The maximum Gasteiger partial charge on any atom is 0.344 e. The normalized spacial score (nSPS) is 11.3. The fraction of sp³-hybridized carbons (Fsp3) is 0.111. The summed E-state index contributed by atoms with van der Waals surface area (Å²) in [4.78, 5) is 12.5. The number of methoxy groups -OCH3 is 1. The number of hydrogen-bond donors (Lipinski definition) is 1. The molecule has 9 heteroatoms. The molecule has 7 nitrogen and oxygen atoms in total. The smallest absolute Gasteiger partial charge is 0.344 e. The number of ether oxygens (including phenoxy) is 1. The van der Waals surface area contributed by atoms with Gasteiger partial charge in [0.05, 0.1) is 24.7 Å². The Kier molecular flexibility index (Phi) is 4.95. The second kappa shape index (κ2) is 7.20. The number of hydrogen-bond acceptors (Lipinski definition) is 5. The van der Waals surface area contributed by atoms with Crippen molar-refractivity contribution in [1.82, 2.24) is 8.54 Å². The van der Waals surface area contributed by atoms with Gasteiger partial charge >= 0.3 is 5.69 Å². The molecule has 0 atom stereocenters. The van der Waals surface area contributed by atoms with Gasteiger partial charge in [0, 0.05) is 0 Å². The average Bonchev–Trinajstić information content (AvgIpc) is 2.68. The lowest BCUT2D eigenvalue weighted by Crippen LogP contribution is -2.43. The van der Waals surface area contributed by atoms with Crippen LogP contribution < -0.4 is 15.9 Å². The average molecular weight is 389 g/mol. The molecule has 140 valence electrons. The van der Waals surface area contributed by atoms with Crippen molar-refractivity contribution in [2.75, 3.05) is 7.11 Å². The van der Waals surface area contributed by atoms with Crippen molar-refractivity contribution in [2.45, 2.75) is 11.4 Å². The van der Waals surface area contributed by atoms with Crippen LogP contribution in [0.25, 0.3) is 0 Å². The molecule has 1 heterocycles. The van der Waals surface area contributed by atoms with Crippen molar-refractivity contribution in [3.63, 3.8) is 0 Å². The van der Waals surface area contributed by atoms with Crippen LogP contribution in [0, 0.1) is 11.2 Å². The maximum atomic E-state index is 14.2. The zero-order chi connectivity index (χ0) is 19.6. The van der Waals surface area contributed by atoms with Gasteiger partial charge in [-0.1, -0.05) is 30.3 Å². The molecule has 0 aliphatic heterocycles. The molecule has 3 rings (SSSR count). The first-order chi connectivity index (χ1) is 12.8. The molecule has 1 N–H and O–H groups in total. The number of rotatable bonds is 5. The van der Waals surface area contributed by atoms with Gasteiger partial charge < -0.3 is 4.74 Å². The van der Waals surface area contributed by atoms with Crippen LogP contribution in [-0.2, 0) is 16.6 Å². The first kappa shape index (κ1) is 18.6. The molecular formula is C18H16FN3O4S. The lowest BCUT2D eigenvalue weighted by Gasteiger charge is -2.13. The van der Waals surface area contributed by atoms with Crippen molar-refractivity contribution in [3.8, 4) is 5.75 Å². The van der Waals surface area contributed by atoms with E-state index in [9.17, 15) is 17.6 Å². The molecule has 3 aromatic rings. The monoisotopic (exact) mass is 389 g/mol. The SMILES string of the molecule is COc1ccc(S(=O)(=O)n2cc(F)c(=N)n(Cc3ccccc3)c2=O)cc1. The van der Waals surface area contributed by atoms with Crippen LogP contribution in [0.3, 0.4) is 0 Å². The molecule has 27 heavy (non-hydrogen) atoms. The zero-order valence-corrected chi connectivity index (χ0v) is 15.1. The summed E-state index contributed by atoms with van der Waals surface area (Å²) >= 11 is 0. The van der Waals surface area contributed by atoms with Crippen LogP contribution in [0.5, 0.6) is 5.75 Å². The van der Waals surface area contributed by atoms with Crippen LogP contribution in [0.2, 0.25) is 0 Å². The number of nitrogens with one attached hydrogen (secondary N) is 1. The fourth-order valence-electron chi connectivity index (χ4n) is 2.51. The highest BCUT2D eigenvalue weighted by Crippen LogP contribution is 2.17. The van der Waals surface area contributed by atoms with Gasteiger partial charge in [-0.2, -0.15) is 3.97 Å². The highest BCUT2D eigenvalue weighted by molar-refractivity contribution is 7.90. The number of halogens is 1. The minimum absolute atomic E-state index is 0.131. The Morgan fingerprint density at radius 1 is 1.07 bits per heavy atom. The Morgan fingerprint density at radius 2 is 1.70 bits per heavy atom. The Hall–Kier alpha value is -3.20. The molecule has 0 radical (unpaired) electrons. The maximum absolute atomic E-state index is 14.2. The van der Waals surface area contributed by atoms with Crippen molar-refractivity contribution in [3.05, 3.63) is 88.1 Å². The predicted octanol–water partition coefficient (Wildman–Crippen LogP) is 1.56. The van der Waals surface area contributed by atoms with Gasteiger partial charge in [0.25, 0.3) is 10.0 Å². The summed E-state index contributed by atoms with van der Waals surface area (Å²) in [6.45, 7) is -0.131. The summed E-state index contributed by atoms with van der Waals surface area (Å²) in [7, 11) is -2.91. The largest absolute Gasteiger partial charge is 0.497 e. The van der Waals surface area contributed by atoms with E-state index in [0.717, 1.165) is 4.57 Å². The zero-order valence-electron chi connectivity index (χ0n) is 14.3. The Balaban J connectivity index is 2.15. The molecule has 0 saturated heterocycles. The standard InChI is InChI=1S/C18H16FN3O4S/c1-26-14-7-9-15(10-8-14)27(24,25)22-12-16(19)17(20)21(18(22)23)11-13-5-3-2-4-6-13/h2-10,12,20H,11H2,1H3. The molecule has 0 saturated carbocycles. The van der Waals surface area contributed by atoms with Gasteiger partial charge in [0.15, 0.2) is 11.3 Å². The summed E-state index contributed by atoms with van der Waals surface area (Å²) in [5.74, 6) is -0.684. The molecule has 0 bridgehead atoms. The van der Waals surface area contributed by atoms with Gasteiger partial charge in [-0.25, -0.2) is 17.6 Å². The fourth-order valence-corrected chi connectivity index (χ4v) is 3.75. The third kappa shape index (κ3) is 3.54. The minimum Gasteiger partial charge on any atom is -0.497 e. The molecule has 0 fully saturated rings. The van der Waals surface area contributed by atoms with Crippen molar-refractivity contribution in [2.24, 2.45) is 0 Å². The Labute approximate surface area is 154 Å². The highest BCUT2D eigenvalue weighted by Gasteiger charge is 2.22. The van der Waals surface area contributed by atoms with Crippen LogP contribution in [0.15, 0.2) is 70.5 Å². The second-order valence-electron chi connectivity index (χ2n) is 5.66. The highest BCUT2D eigenvalue weighted by atomic mass is 32.2. The van der Waals surface area contributed by atoms with E-state index in [-0.39, 0.29) is 11.4 Å². The van der Waals surface area contributed by atoms with Crippen molar-refractivity contribution >= 4 is 10.0 Å². The van der Waals surface area contributed by atoms with E-state index in [1.54, 1.807) is 30.3 Å². The first-order valence-corrected chi connectivity index (χ1v) is 9.29. The van der Waals surface area contributed by atoms with E-state index in [0.29, 0.717) is 21.5 Å². The lowest BCUT2D eigenvalue weighted by molar-refractivity contribution is 0.414. The van der Waals surface area contributed by atoms with E-state index in [1.807, 2.05) is 0 Å². The molecule has 0 unspecified atom stereocenters. The van der Waals surface area contributed by atoms with Crippen LogP contribution in [0.1, 0.15) is 5.56 Å². The van der Waals surface area contributed by atoms with E-state index in [4.69, 9.17) is 10.1 Å². The molecule has 2 aromatic carbocycles. The van der Waals surface area contributed by atoms with Crippen molar-refractivity contribution < 1.29 is 17.5 Å². The predicted molar refractivity (Wildman–Crippen MR) is 95.6 cm³/mol. The summed E-state index contributed by atoms with van der Waals surface area (Å²) in [5, 5.41) is 7.81. The summed E-state index contributed by atoms with van der Waals surface area (Å²) in [6, 6.07) is 14.0. The van der Waals surface area contributed by atoms with E-state index in [1.165, 1.54) is 31.4 Å². The number of benzene rings is 2. The Bertz CT molecular complexity index is 1180. The van der Waals surface area contributed by atoms with Crippen molar-refractivity contribution in [1.29, 1.82) is 5.41 Å². The third-order valence-electron chi connectivity index (χ3n) is 3.95. The van der Waals surface area contributed by atoms with Crippen LogP contribution in [-0.4, -0.2) is 24.1 Å². The van der Waals surface area contributed by atoms with Gasteiger partial charge in [0.2, 0.25) is 0 Å². The quantitative estimate of drug-likeness (QED) is 0.717.